The summed E-state index contributed by atoms with van der Waals surface area (Å²) in [6.07, 6.45) is 0.629. The molecule has 6 nitrogen and oxygen atoms in total. The molecule has 0 bridgehead atoms. The van der Waals surface area contributed by atoms with E-state index >= 15 is 0 Å². The van der Waals surface area contributed by atoms with Crippen molar-refractivity contribution in [1.29, 1.82) is 0 Å². The minimum Gasteiger partial charge on any atom is -0.497 e. The highest BCUT2D eigenvalue weighted by atomic mass is 32.2. The molecule has 1 N–H and O–H groups in total. The second kappa shape index (κ2) is 8.73. The monoisotopic (exact) mass is 289 g/mol. The maximum atomic E-state index is 10.2. The Morgan fingerprint density at radius 2 is 1.74 bits per heavy atom. The Bertz CT molecular complexity index is 431. The molecule has 0 spiro atoms. The third-order valence-electron chi connectivity index (χ3n) is 2.43. The van der Waals surface area contributed by atoms with Crippen LogP contribution in [0.15, 0.2) is 18.2 Å². The highest BCUT2D eigenvalue weighted by Crippen LogP contribution is 2.22. The quantitative estimate of drug-likeness (QED) is 0.515. The zero-order chi connectivity index (χ0) is 14.1. The van der Waals surface area contributed by atoms with Gasteiger partial charge in [0.15, 0.2) is 0 Å². The van der Waals surface area contributed by atoms with Gasteiger partial charge >= 0.3 is 0 Å². The fourth-order valence-electron chi connectivity index (χ4n) is 1.54. The summed E-state index contributed by atoms with van der Waals surface area (Å²) in [7, 11) is 0.470. The van der Waals surface area contributed by atoms with Crippen LogP contribution in [0, 0.1) is 0 Å². The van der Waals surface area contributed by atoms with Gasteiger partial charge in [0.25, 0.3) is 11.0 Å². The average molecular weight is 289 g/mol. The lowest BCUT2D eigenvalue weighted by Gasteiger charge is -2.09. The van der Waals surface area contributed by atoms with E-state index in [4.69, 9.17) is 9.47 Å². The van der Waals surface area contributed by atoms with E-state index in [1.807, 2.05) is 18.2 Å². The van der Waals surface area contributed by atoms with Crippen molar-refractivity contribution in [3.8, 4) is 11.5 Å². The largest absolute Gasteiger partial charge is 0.497 e. The molecular formula is C12H19NO5S. The second-order valence-electron chi connectivity index (χ2n) is 3.81. The topological polar surface area (TPSA) is 73.9 Å². The lowest BCUT2D eigenvalue weighted by Crippen LogP contribution is -2.16. The van der Waals surface area contributed by atoms with Crippen LogP contribution in [0.5, 0.6) is 11.5 Å². The molecule has 0 aliphatic rings. The Kier molecular flexibility index (Phi) is 7.24. The van der Waals surface area contributed by atoms with Gasteiger partial charge in [-0.25, -0.2) is 8.42 Å². The van der Waals surface area contributed by atoms with Crippen LogP contribution in [-0.2, 0) is 21.7 Å². The predicted molar refractivity (Wildman–Crippen MR) is 72.1 cm³/mol. The summed E-state index contributed by atoms with van der Waals surface area (Å²) in [6.45, 7) is 1.52. The van der Waals surface area contributed by atoms with Gasteiger partial charge in [0.1, 0.15) is 11.5 Å². The van der Waals surface area contributed by atoms with Gasteiger partial charge in [0.05, 0.1) is 20.8 Å². The minimum absolute atomic E-state index is 0.202. The number of rotatable bonds is 9. The van der Waals surface area contributed by atoms with Crippen molar-refractivity contribution in [2.24, 2.45) is 0 Å². The molecule has 0 aromatic heterocycles. The fraction of sp³-hybridized carbons (Fsp3) is 0.500. The number of benzene rings is 1. The molecule has 0 unspecified atom stereocenters. The Morgan fingerprint density at radius 1 is 1.11 bits per heavy atom. The molecule has 7 heteroatoms. The Hall–Kier alpha value is -1.31. The van der Waals surface area contributed by atoms with E-state index in [0.29, 0.717) is 19.5 Å². The zero-order valence-corrected chi connectivity index (χ0v) is 11.9. The van der Waals surface area contributed by atoms with Crippen molar-refractivity contribution in [2.45, 2.75) is 13.0 Å². The molecule has 1 aromatic carbocycles. The third kappa shape index (κ3) is 6.42. The van der Waals surface area contributed by atoms with Crippen molar-refractivity contribution in [3.05, 3.63) is 23.8 Å². The first-order chi connectivity index (χ1) is 9.15. The number of hydrogen-bond donors (Lipinski definition) is 2. The van der Waals surface area contributed by atoms with Gasteiger partial charge in [-0.2, -0.15) is 0 Å². The standard InChI is InChI=1S/C12H19NO5S/c1-16-11-6-10(7-12(8-11)17-2)9-13-4-3-5-18-19(14)15/h6-8,13,19H,3-5,9H2,1-2H3. The van der Waals surface area contributed by atoms with Crippen LogP contribution in [-0.4, -0.2) is 35.8 Å². The van der Waals surface area contributed by atoms with E-state index in [1.165, 1.54) is 0 Å². The molecule has 1 rings (SSSR count). The number of ether oxygens (including phenoxy) is 2. The maximum absolute atomic E-state index is 10.2. The second-order valence-corrected chi connectivity index (χ2v) is 4.51. The van der Waals surface area contributed by atoms with Gasteiger partial charge in [0, 0.05) is 12.6 Å². The molecule has 0 saturated heterocycles. The lowest BCUT2D eigenvalue weighted by molar-refractivity contribution is 0.323. The van der Waals surface area contributed by atoms with E-state index in [-0.39, 0.29) is 6.61 Å². The summed E-state index contributed by atoms with van der Waals surface area (Å²) < 4.78 is 35.1. The van der Waals surface area contributed by atoms with E-state index < -0.39 is 11.0 Å². The summed E-state index contributed by atoms with van der Waals surface area (Å²) in [5, 5.41) is 3.19. The van der Waals surface area contributed by atoms with Crippen molar-refractivity contribution in [2.75, 3.05) is 27.4 Å². The molecular weight excluding hydrogens is 270 g/mol. The zero-order valence-electron chi connectivity index (χ0n) is 11.0. The molecule has 0 fully saturated rings. The average Bonchev–Trinajstić information content (AvgIpc) is 2.41. The van der Waals surface area contributed by atoms with E-state index in [9.17, 15) is 8.42 Å². The van der Waals surface area contributed by atoms with Gasteiger partial charge < -0.3 is 14.8 Å². The Balaban J connectivity index is 2.36. The minimum atomic E-state index is -2.74. The lowest BCUT2D eigenvalue weighted by atomic mass is 10.2. The Morgan fingerprint density at radius 3 is 2.26 bits per heavy atom. The maximum Gasteiger partial charge on any atom is 0.257 e. The van der Waals surface area contributed by atoms with Crippen LogP contribution in [0.3, 0.4) is 0 Å². The molecule has 0 aliphatic carbocycles. The molecule has 108 valence electrons. The first kappa shape index (κ1) is 15.7. The highest BCUT2D eigenvalue weighted by molar-refractivity contribution is 7.67. The molecule has 0 aliphatic heterocycles. The first-order valence-corrected chi connectivity index (χ1v) is 6.95. The van der Waals surface area contributed by atoms with Gasteiger partial charge in [-0.05, 0) is 30.7 Å². The molecule has 1 aromatic rings. The van der Waals surface area contributed by atoms with Gasteiger partial charge in [-0.15, -0.1) is 0 Å². The SMILES string of the molecule is COc1cc(CNCCCO[SH](=O)=O)cc(OC)c1. The number of hydrogen-bond acceptors (Lipinski definition) is 6. The van der Waals surface area contributed by atoms with Crippen molar-refractivity contribution >= 4 is 11.0 Å². The van der Waals surface area contributed by atoms with Crippen LogP contribution in [0.25, 0.3) is 0 Å². The summed E-state index contributed by atoms with van der Waals surface area (Å²) in [6, 6.07) is 5.64. The first-order valence-electron chi connectivity index (χ1n) is 5.85. The summed E-state index contributed by atoms with van der Waals surface area (Å²) in [5.41, 5.74) is 1.03. The number of methoxy groups -OCH3 is 2. The third-order valence-corrected chi connectivity index (χ3v) is 2.83. The molecule has 19 heavy (non-hydrogen) atoms. The van der Waals surface area contributed by atoms with E-state index in [0.717, 1.165) is 17.1 Å². The summed E-state index contributed by atoms with van der Waals surface area (Å²) >= 11 is 0. The van der Waals surface area contributed by atoms with Gasteiger partial charge in [-0.3, -0.25) is 4.18 Å². The molecule has 0 saturated carbocycles. The molecule has 0 radical (unpaired) electrons. The highest BCUT2D eigenvalue weighted by Gasteiger charge is 2.01. The summed E-state index contributed by atoms with van der Waals surface area (Å²) in [5.74, 6) is 1.48. The van der Waals surface area contributed by atoms with Crippen molar-refractivity contribution < 1.29 is 22.1 Å². The number of nitrogens with one attached hydrogen (secondary N) is 1. The van der Waals surface area contributed by atoms with Crippen molar-refractivity contribution in [1.82, 2.24) is 5.32 Å². The molecule has 0 heterocycles. The van der Waals surface area contributed by atoms with E-state index in [1.54, 1.807) is 14.2 Å². The normalized spacial score (nSPS) is 10.7. The van der Waals surface area contributed by atoms with Crippen LogP contribution < -0.4 is 14.8 Å². The van der Waals surface area contributed by atoms with Gasteiger partial charge in [0.2, 0.25) is 0 Å². The molecule has 0 atom stereocenters. The van der Waals surface area contributed by atoms with Crippen molar-refractivity contribution in [3.63, 3.8) is 0 Å². The van der Waals surface area contributed by atoms with Crippen LogP contribution in [0.1, 0.15) is 12.0 Å². The summed E-state index contributed by atoms with van der Waals surface area (Å²) in [4.78, 5) is 0. The smallest absolute Gasteiger partial charge is 0.257 e. The van der Waals surface area contributed by atoms with Crippen LogP contribution >= 0.6 is 0 Å². The van der Waals surface area contributed by atoms with Crippen LogP contribution in [0.2, 0.25) is 0 Å². The predicted octanol–water partition coefficient (Wildman–Crippen LogP) is 0.726. The molecule has 0 amide bonds. The number of thiol groups is 1. The van der Waals surface area contributed by atoms with E-state index in [2.05, 4.69) is 9.50 Å². The fourth-order valence-corrected chi connectivity index (χ4v) is 1.82. The Labute approximate surface area is 114 Å². The van der Waals surface area contributed by atoms with Gasteiger partial charge in [-0.1, -0.05) is 0 Å². The van der Waals surface area contributed by atoms with Crippen LogP contribution in [0.4, 0.5) is 0 Å².